The molecule has 0 bridgehead atoms. The fraction of sp³-hybridized carbons (Fsp3) is 0.370. The van der Waals surface area contributed by atoms with Gasteiger partial charge in [0.1, 0.15) is 11.6 Å². The Balaban J connectivity index is 1.32. The summed E-state index contributed by atoms with van der Waals surface area (Å²) in [5.74, 6) is -0.110. The summed E-state index contributed by atoms with van der Waals surface area (Å²) in [6, 6.07) is 8.58. The second-order valence-corrected chi connectivity index (χ2v) is 11.4. The first-order chi connectivity index (χ1) is 18.0. The standard InChI is InChI=1S/C27H28F2N6OS/c28-23-12-18(13-24(29)22(23)17-34-8-10-37(36)11-9-34)21-2-1-3-25-27(21)33-26(15-31-25)19-14-32-35(16-19)20-4-6-30-7-5-20/h1-3,12-16,20,30H,4-11,17H2. The van der Waals surface area contributed by atoms with Gasteiger partial charge in [0.05, 0.1) is 35.2 Å². The molecule has 0 atom stereocenters. The quantitative estimate of drug-likeness (QED) is 0.428. The van der Waals surface area contributed by atoms with Crippen molar-refractivity contribution in [3.63, 3.8) is 0 Å². The maximum atomic E-state index is 15.2. The smallest absolute Gasteiger partial charge is 0.131 e. The Labute approximate surface area is 216 Å². The normalized spacial score (nSPS) is 18.0. The van der Waals surface area contributed by atoms with Crippen LogP contribution in [0.4, 0.5) is 8.78 Å². The third-order valence-electron chi connectivity index (χ3n) is 7.26. The Kier molecular flexibility index (Phi) is 6.79. The first kappa shape index (κ1) is 24.3. The van der Waals surface area contributed by atoms with Gasteiger partial charge in [-0.1, -0.05) is 12.1 Å². The number of hydrogen-bond acceptors (Lipinski definition) is 6. The van der Waals surface area contributed by atoms with Crippen LogP contribution in [0.1, 0.15) is 24.4 Å². The van der Waals surface area contributed by atoms with E-state index in [1.54, 1.807) is 12.4 Å². The molecule has 0 amide bonds. The van der Waals surface area contributed by atoms with Gasteiger partial charge < -0.3 is 5.32 Å². The number of halogens is 2. The number of aromatic nitrogens is 4. The number of fused-ring (bicyclic) bond motifs is 1. The number of para-hydroxylation sites is 1. The summed E-state index contributed by atoms with van der Waals surface area (Å²) in [7, 11) is -0.838. The van der Waals surface area contributed by atoms with Gasteiger partial charge in [0.25, 0.3) is 0 Å². The highest BCUT2D eigenvalue weighted by atomic mass is 32.2. The first-order valence-corrected chi connectivity index (χ1v) is 14.1. The van der Waals surface area contributed by atoms with E-state index in [1.807, 2.05) is 34.0 Å². The molecule has 2 aromatic heterocycles. The van der Waals surface area contributed by atoms with E-state index in [1.165, 1.54) is 12.1 Å². The molecule has 0 saturated carbocycles. The molecule has 2 fully saturated rings. The van der Waals surface area contributed by atoms with E-state index in [4.69, 9.17) is 4.98 Å². The molecule has 4 heterocycles. The van der Waals surface area contributed by atoms with E-state index < -0.39 is 22.4 Å². The summed E-state index contributed by atoms with van der Waals surface area (Å²) in [6.07, 6.45) is 7.56. The van der Waals surface area contributed by atoms with Crippen molar-refractivity contribution >= 4 is 21.8 Å². The molecule has 2 aromatic carbocycles. The SMILES string of the molecule is O=S1CCN(Cc2c(F)cc(-c3cccc4ncc(-c5cnn(C6CCNCC6)c5)nc34)cc2F)CC1. The van der Waals surface area contributed by atoms with E-state index in [2.05, 4.69) is 15.4 Å². The van der Waals surface area contributed by atoms with Crippen molar-refractivity contribution < 1.29 is 13.0 Å². The molecule has 0 radical (unpaired) electrons. The highest BCUT2D eigenvalue weighted by Crippen LogP contribution is 2.31. The van der Waals surface area contributed by atoms with Crippen LogP contribution in [-0.4, -0.2) is 66.5 Å². The molecular formula is C27H28F2N6OS. The lowest BCUT2D eigenvalue weighted by atomic mass is 10.0. The van der Waals surface area contributed by atoms with Crippen molar-refractivity contribution in [1.82, 2.24) is 30.0 Å². The van der Waals surface area contributed by atoms with Gasteiger partial charge in [-0.2, -0.15) is 5.10 Å². The van der Waals surface area contributed by atoms with Gasteiger partial charge in [0.15, 0.2) is 0 Å². The van der Waals surface area contributed by atoms with Gasteiger partial charge >= 0.3 is 0 Å². The molecule has 2 saturated heterocycles. The summed E-state index contributed by atoms with van der Waals surface area (Å²) in [5, 5.41) is 7.93. The fourth-order valence-corrected chi connectivity index (χ4v) is 6.24. The number of rotatable bonds is 5. The maximum Gasteiger partial charge on any atom is 0.131 e. The van der Waals surface area contributed by atoms with Crippen molar-refractivity contribution in [3.05, 3.63) is 66.1 Å². The zero-order chi connectivity index (χ0) is 25.4. The summed E-state index contributed by atoms with van der Waals surface area (Å²) in [6.45, 7) is 3.26. The topological polar surface area (TPSA) is 75.9 Å². The highest BCUT2D eigenvalue weighted by molar-refractivity contribution is 7.85. The van der Waals surface area contributed by atoms with Crippen LogP contribution in [0.25, 0.3) is 33.4 Å². The fourth-order valence-electron chi connectivity index (χ4n) is 5.11. The molecule has 2 aliphatic heterocycles. The number of benzene rings is 2. The van der Waals surface area contributed by atoms with Gasteiger partial charge in [0, 0.05) is 64.8 Å². The number of nitrogens with zero attached hydrogens (tertiary/aromatic N) is 5. The third-order valence-corrected chi connectivity index (χ3v) is 8.53. The van der Waals surface area contributed by atoms with Crippen molar-refractivity contribution in [2.75, 3.05) is 37.7 Å². The lowest BCUT2D eigenvalue weighted by Crippen LogP contribution is -2.37. The minimum Gasteiger partial charge on any atom is -0.317 e. The van der Waals surface area contributed by atoms with Gasteiger partial charge in [-0.05, 0) is 49.7 Å². The number of nitrogens with one attached hydrogen (secondary N) is 1. The van der Waals surface area contributed by atoms with Crippen LogP contribution in [0.3, 0.4) is 0 Å². The molecule has 4 aromatic rings. The molecule has 1 N–H and O–H groups in total. The summed E-state index contributed by atoms with van der Waals surface area (Å²) >= 11 is 0. The van der Waals surface area contributed by atoms with Crippen molar-refractivity contribution in [2.45, 2.75) is 25.4 Å². The number of hydrogen-bond donors (Lipinski definition) is 1. The van der Waals surface area contributed by atoms with Gasteiger partial charge in [0.2, 0.25) is 0 Å². The van der Waals surface area contributed by atoms with Crippen LogP contribution < -0.4 is 5.32 Å². The Morgan fingerprint density at radius 2 is 1.78 bits per heavy atom. The molecule has 6 rings (SSSR count). The highest BCUT2D eigenvalue weighted by Gasteiger charge is 2.21. The van der Waals surface area contributed by atoms with E-state index in [9.17, 15) is 4.21 Å². The Morgan fingerprint density at radius 1 is 1.03 bits per heavy atom. The largest absolute Gasteiger partial charge is 0.317 e. The predicted octanol–water partition coefficient (Wildman–Crippen LogP) is 3.93. The summed E-state index contributed by atoms with van der Waals surface area (Å²) in [5.41, 5.74) is 3.83. The second-order valence-electron chi connectivity index (χ2n) is 9.66. The monoisotopic (exact) mass is 522 g/mol. The Bertz CT molecular complexity index is 1440. The minimum absolute atomic E-state index is 0.0359. The molecule has 7 nitrogen and oxygen atoms in total. The molecule has 37 heavy (non-hydrogen) atoms. The molecule has 0 aliphatic carbocycles. The first-order valence-electron chi connectivity index (χ1n) is 12.6. The van der Waals surface area contributed by atoms with Crippen LogP contribution in [0, 0.1) is 11.6 Å². The van der Waals surface area contributed by atoms with Crippen LogP contribution in [0.15, 0.2) is 48.9 Å². The minimum atomic E-state index is -0.838. The van der Waals surface area contributed by atoms with E-state index in [0.29, 0.717) is 58.5 Å². The molecular weight excluding hydrogens is 494 g/mol. The second kappa shape index (κ2) is 10.4. The van der Waals surface area contributed by atoms with E-state index >= 15 is 8.78 Å². The zero-order valence-electron chi connectivity index (χ0n) is 20.4. The van der Waals surface area contributed by atoms with Crippen LogP contribution in [0.5, 0.6) is 0 Å². The molecule has 192 valence electrons. The Morgan fingerprint density at radius 3 is 2.54 bits per heavy atom. The molecule has 0 spiro atoms. The van der Waals surface area contributed by atoms with Crippen molar-refractivity contribution in [1.29, 1.82) is 0 Å². The van der Waals surface area contributed by atoms with E-state index in [0.717, 1.165) is 31.5 Å². The third kappa shape index (κ3) is 5.05. The van der Waals surface area contributed by atoms with Gasteiger partial charge in [-0.15, -0.1) is 0 Å². The lowest BCUT2D eigenvalue weighted by molar-refractivity contribution is 0.282. The van der Waals surface area contributed by atoms with Crippen molar-refractivity contribution in [3.8, 4) is 22.4 Å². The van der Waals surface area contributed by atoms with Crippen molar-refractivity contribution in [2.24, 2.45) is 0 Å². The maximum absolute atomic E-state index is 15.2. The molecule has 2 aliphatic rings. The van der Waals surface area contributed by atoms with Gasteiger partial charge in [-0.3, -0.25) is 18.8 Å². The predicted molar refractivity (Wildman–Crippen MR) is 140 cm³/mol. The summed E-state index contributed by atoms with van der Waals surface area (Å²) < 4.78 is 44.0. The molecule has 10 heteroatoms. The zero-order valence-corrected chi connectivity index (χ0v) is 21.2. The average molecular weight is 523 g/mol. The average Bonchev–Trinajstić information content (AvgIpc) is 3.42. The summed E-state index contributed by atoms with van der Waals surface area (Å²) in [4.78, 5) is 11.4. The van der Waals surface area contributed by atoms with Crippen LogP contribution >= 0.6 is 0 Å². The molecule has 0 unspecified atom stereocenters. The van der Waals surface area contributed by atoms with Crippen LogP contribution in [-0.2, 0) is 17.3 Å². The lowest BCUT2D eigenvalue weighted by Gasteiger charge is -2.26. The van der Waals surface area contributed by atoms with E-state index in [-0.39, 0.29) is 12.1 Å². The van der Waals surface area contributed by atoms with Gasteiger partial charge in [-0.25, -0.2) is 13.8 Å². The van der Waals surface area contributed by atoms with Crippen LogP contribution in [0.2, 0.25) is 0 Å². The number of piperidine rings is 1. The Hall–Kier alpha value is -3.08.